The normalized spacial score (nSPS) is 18.4. The summed E-state index contributed by atoms with van der Waals surface area (Å²) >= 11 is 3.46. The number of halogens is 3. The van der Waals surface area contributed by atoms with Crippen LogP contribution in [0.25, 0.3) is 0 Å². The van der Waals surface area contributed by atoms with E-state index in [-0.39, 0.29) is 29.7 Å². The number of alkyl halides is 3. The molecule has 2 aromatic carbocycles. The van der Waals surface area contributed by atoms with Crippen molar-refractivity contribution in [3.63, 3.8) is 0 Å². The monoisotopic (exact) mass is 511 g/mol. The molecule has 2 atom stereocenters. The van der Waals surface area contributed by atoms with Crippen LogP contribution in [0.2, 0.25) is 0 Å². The van der Waals surface area contributed by atoms with Crippen molar-refractivity contribution in [3.8, 4) is 0 Å². The molecule has 3 rings (SSSR count). The first-order valence-corrected chi connectivity index (χ1v) is 13.2. The van der Waals surface area contributed by atoms with Gasteiger partial charge in [0, 0.05) is 27.3 Å². The van der Waals surface area contributed by atoms with E-state index in [0.717, 1.165) is 43.6 Å². The Hall–Kier alpha value is -2.33. The number of amides is 2. The molecule has 0 spiro atoms. The van der Waals surface area contributed by atoms with Gasteiger partial charge in [0.25, 0.3) is 5.91 Å². The molecule has 1 fully saturated rings. The Bertz CT molecular complexity index is 1000. The van der Waals surface area contributed by atoms with Gasteiger partial charge in [-0.25, -0.2) is 0 Å². The molecule has 1 aliphatic rings. The van der Waals surface area contributed by atoms with Crippen molar-refractivity contribution in [2.45, 2.75) is 47.7 Å². The third kappa shape index (κ3) is 7.33. The zero-order valence-electron chi connectivity index (χ0n) is 18.8. The number of anilines is 1. The maximum atomic E-state index is 12.9. The van der Waals surface area contributed by atoms with Gasteiger partial charge < -0.3 is 16.4 Å². The minimum atomic E-state index is -4.59. The lowest BCUT2D eigenvalue weighted by Crippen LogP contribution is -2.47. The quantitative estimate of drug-likeness (QED) is 0.335. The number of hydrogen-bond acceptors (Lipinski definition) is 5. The second-order valence-corrected chi connectivity index (χ2v) is 10.2. The third-order valence-corrected chi connectivity index (χ3v) is 7.76. The maximum absolute atomic E-state index is 12.9. The number of benzene rings is 2. The Kier molecular flexibility index (Phi) is 9.18. The van der Waals surface area contributed by atoms with Crippen LogP contribution in [0, 0.1) is 5.92 Å². The first-order chi connectivity index (χ1) is 16.2. The first kappa shape index (κ1) is 26.3. The molecule has 0 aromatic heterocycles. The lowest BCUT2D eigenvalue weighted by Gasteiger charge is -2.32. The molecule has 4 N–H and O–H groups in total. The molecule has 0 aliphatic heterocycles. The number of nitrogen functional groups attached to an aromatic ring is 1. The summed E-state index contributed by atoms with van der Waals surface area (Å²) < 4.78 is 38.8. The van der Waals surface area contributed by atoms with E-state index in [1.54, 1.807) is 23.5 Å². The average Bonchev–Trinajstić information content (AvgIpc) is 2.82. The van der Waals surface area contributed by atoms with Crippen LogP contribution in [0.4, 0.5) is 18.9 Å². The first-order valence-electron chi connectivity index (χ1n) is 11.0. The summed E-state index contributed by atoms with van der Waals surface area (Å²) in [6, 6.07) is 10.9. The van der Waals surface area contributed by atoms with Gasteiger partial charge in [0.1, 0.15) is 0 Å². The van der Waals surface area contributed by atoms with Gasteiger partial charge in [-0.1, -0.05) is 12.8 Å². The topological polar surface area (TPSA) is 84.2 Å². The van der Waals surface area contributed by atoms with Crippen molar-refractivity contribution < 1.29 is 22.8 Å². The van der Waals surface area contributed by atoms with Crippen molar-refractivity contribution in [2.75, 3.05) is 24.3 Å². The fourth-order valence-corrected chi connectivity index (χ4v) is 5.46. The maximum Gasteiger partial charge on any atom is 0.416 e. The summed E-state index contributed by atoms with van der Waals surface area (Å²) in [6.45, 7) is -0.332. The van der Waals surface area contributed by atoms with E-state index in [2.05, 4.69) is 34.9 Å². The number of rotatable bonds is 8. The van der Waals surface area contributed by atoms with Crippen molar-refractivity contribution in [1.82, 2.24) is 10.6 Å². The number of carbonyl (C=O) groups excluding carboxylic acids is 2. The summed E-state index contributed by atoms with van der Waals surface area (Å²) in [5.74, 6) is -0.0116. The predicted octanol–water partition coefficient (Wildman–Crippen LogP) is 5.21. The molecule has 0 heterocycles. The molecule has 0 bridgehead atoms. The van der Waals surface area contributed by atoms with E-state index in [0.29, 0.717) is 12.0 Å². The molecule has 0 radical (unpaired) electrons. The zero-order valence-corrected chi connectivity index (χ0v) is 20.4. The molecular weight excluding hydrogens is 483 g/mol. The van der Waals surface area contributed by atoms with Crippen molar-refractivity contribution in [2.24, 2.45) is 5.92 Å². The van der Waals surface area contributed by atoms with Crippen LogP contribution >= 0.6 is 23.5 Å². The molecule has 1 saturated carbocycles. The minimum Gasteiger partial charge on any atom is -0.398 e. The SMILES string of the molecule is CSc1ccc(SC[C@H]2CCCC[C@@H]2NC(=O)CNC(=O)c2cc(C(F)(F)F)ccc2N)cc1. The van der Waals surface area contributed by atoms with E-state index in [4.69, 9.17) is 5.73 Å². The number of carbonyl (C=O) groups is 2. The Morgan fingerprint density at radius 1 is 1.06 bits per heavy atom. The molecule has 0 saturated heterocycles. The molecule has 0 unspecified atom stereocenters. The summed E-state index contributed by atoms with van der Waals surface area (Å²) in [6.07, 6.45) is 1.43. The predicted molar refractivity (Wildman–Crippen MR) is 131 cm³/mol. The number of nitrogens with two attached hydrogens (primary N) is 1. The van der Waals surface area contributed by atoms with Crippen LogP contribution in [0.3, 0.4) is 0 Å². The summed E-state index contributed by atoms with van der Waals surface area (Å²) in [4.78, 5) is 27.3. The highest BCUT2D eigenvalue weighted by Gasteiger charge is 2.32. The van der Waals surface area contributed by atoms with Gasteiger partial charge in [-0.05, 0) is 67.5 Å². The Morgan fingerprint density at radius 2 is 1.74 bits per heavy atom. The Labute approximate surface area is 205 Å². The van der Waals surface area contributed by atoms with E-state index < -0.39 is 17.6 Å². The molecule has 5 nitrogen and oxygen atoms in total. The molecule has 2 aromatic rings. The lowest BCUT2D eigenvalue weighted by atomic mass is 9.86. The molecule has 10 heteroatoms. The molecule has 34 heavy (non-hydrogen) atoms. The van der Waals surface area contributed by atoms with Crippen LogP contribution in [-0.2, 0) is 11.0 Å². The van der Waals surface area contributed by atoms with E-state index in [1.807, 2.05) is 6.26 Å². The van der Waals surface area contributed by atoms with Crippen LogP contribution < -0.4 is 16.4 Å². The Balaban J connectivity index is 1.53. The van der Waals surface area contributed by atoms with Gasteiger partial charge in [-0.2, -0.15) is 13.2 Å². The van der Waals surface area contributed by atoms with Gasteiger partial charge >= 0.3 is 6.18 Å². The van der Waals surface area contributed by atoms with Crippen molar-refractivity contribution in [3.05, 3.63) is 53.6 Å². The fourth-order valence-electron chi connectivity index (χ4n) is 3.92. The zero-order chi connectivity index (χ0) is 24.7. The molecular formula is C24H28F3N3O2S2. The smallest absolute Gasteiger partial charge is 0.398 e. The van der Waals surface area contributed by atoms with Crippen LogP contribution in [0.5, 0.6) is 0 Å². The van der Waals surface area contributed by atoms with Crippen LogP contribution in [0.15, 0.2) is 52.3 Å². The highest BCUT2D eigenvalue weighted by atomic mass is 32.2. The van der Waals surface area contributed by atoms with Gasteiger partial charge in [-0.15, -0.1) is 23.5 Å². The van der Waals surface area contributed by atoms with Crippen molar-refractivity contribution >= 4 is 41.0 Å². The summed E-state index contributed by atoms with van der Waals surface area (Å²) in [5, 5.41) is 5.38. The number of hydrogen-bond donors (Lipinski definition) is 3. The number of nitrogens with one attached hydrogen (secondary N) is 2. The largest absolute Gasteiger partial charge is 0.416 e. The average molecular weight is 512 g/mol. The molecule has 1 aliphatic carbocycles. The summed E-state index contributed by atoms with van der Waals surface area (Å²) in [7, 11) is 0. The van der Waals surface area contributed by atoms with Crippen molar-refractivity contribution in [1.29, 1.82) is 0 Å². The highest BCUT2D eigenvalue weighted by molar-refractivity contribution is 7.99. The second-order valence-electron chi connectivity index (χ2n) is 8.19. The van der Waals surface area contributed by atoms with Crippen LogP contribution in [-0.4, -0.2) is 36.4 Å². The van der Waals surface area contributed by atoms with Gasteiger partial charge in [0.05, 0.1) is 17.7 Å². The Morgan fingerprint density at radius 3 is 2.41 bits per heavy atom. The highest BCUT2D eigenvalue weighted by Crippen LogP contribution is 2.32. The van der Waals surface area contributed by atoms with Gasteiger partial charge in [0.2, 0.25) is 5.91 Å². The third-order valence-electron chi connectivity index (χ3n) is 5.81. The fraction of sp³-hybridized carbons (Fsp3) is 0.417. The van der Waals surface area contributed by atoms with E-state index >= 15 is 0 Å². The molecule has 2 amide bonds. The standard InChI is InChI=1S/C24H28F3N3O2S2/c1-33-17-7-9-18(10-8-17)34-14-15-4-2-3-5-21(15)30-22(31)13-29-23(32)19-12-16(24(25,26)27)6-11-20(19)28/h6-12,15,21H,2-5,13-14,28H2,1H3,(H,29,32)(H,30,31)/t15-,21+/m1/s1. The van der Waals surface area contributed by atoms with Gasteiger partial charge in [0.15, 0.2) is 0 Å². The number of thioether (sulfide) groups is 2. The molecule has 184 valence electrons. The second kappa shape index (κ2) is 11.9. The minimum absolute atomic E-state index is 0.00486. The van der Waals surface area contributed by atoms with Gasteiger partial charge in [-0.3, -0.25) is 9.59 Å². The summed E-state index contributed by atoms with van der Waals surface area (Å²) in [5.41, 5.74) is 4.32. The van der Waals surface area contributed by atoms with E-state index in [1.165, 1.54) is 9.79 Å². The van der Waals surface area contributed by atoms with Crippen LogP contribution in [0.1, 0.15) is 41.6 Å². The lowest BCUT2D eigenvalue weighted by molar-refractivity contribution is -0.137. The van der Waals surface area contributed by atoms with E-state index in [9.17, 15) is 22.8 Å².